The van der Waals surface area contributed by atoms with Gasteiger partial charge in [-0.15, -0.1) is 0 Å². The summed E-state index contributed by atoms with van der Waals surface area (Å²) < 4.78 is 16.6. The molecule has 3 rings (SSSR count). The van der Waals surface area contributed by atoms with Crippen LogP contribution in [0.4, 0.5) is 0 Å². The van der Waals surface area contributed by atoms with Gasteiger partial charge in [0, 0.05) is 26.3 Å². The number of aromatic nitrogens is 2. The first-order valence-electron chi connectivity index (χ1n) is 9.43. The van der Waals surface area contributed by atoms with E-state index in [0.29, 0.717) is 24.7 Å². The predicted molar refractivity (Wildman–Crippen MR) is 105 cm³/mol. The molecule has 0 fully saturated rings. The van der Waals surface area contributed by atoms with E-state index in [0.717, 1.165) is 34.5 Å². The number of aryl methyl sites for hydroxylation is 4. The maximum Gasteiger partial charge on any atom is 0.320 e. The van der Waals surface area contributed by atoms with Gasteiger partial charge in [-0.25, -0.2) is 9.97 Å². The summed E-state index contributed by atoms with van der Waals surface area (Å²) in [6.07, 6.45) is 1.38. The van der Waals surface area contributed by atoms with Crippen LogP contribution in [0.2, 0.25) is 0 Å². The van der Waals surface area contributed by atoms with E-state index >= 15 is 0 Å². The minimum atomic E-state index is -0.474. The van der Waals surface area contributed by atoms with Crippen molar-refractivity contribution in [1.29, 1.82) is 0 Å². The molecular formula is C21H27N3O4. The Morgan fingerprint density at radius 3 is 2.61 bits per heavy atom. The van der Waals surface area contributed by atoms with Gasteiger partial charge < -0.3 is 18.9 Å². The highest BCUT2D eigenvalue weighted by molar-refractivity contribution is 5.74. The largest absolute Gasteiger partial charge is 0.459 e. The smallest absolute Gasteiger partial charge is 0.320 e. The number of nitrogens with one attached hydrogen (secondary N) is 1. The first kappa shape index (κ1) is 20.1. The number of rotatable bonds is 7. The fraction of sp³-hybridized carbons (Fsp3) is 0.476. The molecule has 0 bridgehead atoms. The summed E-state index contributed by atoms with van der Waals surface area (Å²) in [6.45, 7) is 10.0. The Bertz CT molecular complexity index is 966. The van der Waals surface area contributed by atoms with Crippen molar-refractivity contribution < 1.29 is 18.4 Å². The Balaban J connectivity index is 1.56. The lowest BCUT2D eigenvalue weighted by molar-refractivity contribution is -0.153. The number of benzene rings is 1. The summed E-state index contributed by atoms with van der Waals surface area (Å²) in [7, 11) is 0. The van der Waals surface area contributed by atoms with Gasteiger partial charge in [-0.2, -0.15) is 0 Å². The zero-order valence-corrected chi connectivity index (χ0v) is 17.1. The molecule has 3 aromatic rings. The third-order valence-corrected chi connectivity index (χ3v) is 4.09. The van der Waals surface area contributed by atoms with Gasteiger partial charge in [-0.1, -0.05) is 6.07 Å². The summed E-state index contributed by atoms with van der Waals surface area (Å²) >= 11 is 0. The van der Waals surface area contributed by atoms with Crippen LogP contribution < -0.4 is 5.32 Å². The van der Waals surface area contributed by atoms with Crippen molar-refractivity contribution in [2.75, 3.05) is 6.54 Å². The molecule has 7 nitrogen and oxygen atoms in total. The zero-order chi connectivity index (χ0) is 20.3. The second-order valence-electron chi connectivity index (χ2n) is 7.84. The molecule has 0 saturated heterocycles. The number of nitrogens with zero attached hydrogens (tertiary/aromatic N) is 2. The van der Waals surface area contributed by atoms with E-state index in [1.165, 1.54) is 0 Å². The number of esters is 1. The number of carbonyl (C=O) groups excluding carboxylic acids is 1. The first-order chi connectivity index (χ1) is 13.2. The molecular weight excluding hydrogens is 358 g/mol. The molecule has 0 unspecified atom stereocenters. The van der Waals surface area contributed by atoms with Crippen LogP contribution >= 0.6 is 0 Å². The average Bonchev–Trinajstić information content (AvgIpc) is 3.12. The molecule has 7 heteroatoms. The molecule has 0 atom stereocenters. The number of oxazole rings is 2. The molecule has 2 heterocycles. The fourth-order valence-electron chi connectivity index (χ4n) is 2.95. The third-order valence-electron chi connectivity index (χ3n) is 4.09. The Hall–Kier alpha value is -2.67. The lowest BCUT2D eigenvalue weighted by Crippen LogP contribution is -2.31. The molecule has 0 aliphatic heterocycles. The predicted octanol–water partition coefficient (Wildman–Crippen LogP) is 3.65. The van der Waals surface area contributed by atoms with E-state index in [9.17, 15) is 4.79 Å². The average molecular weight is 385 g/mol. The van der Waals surface area contributed by atoms with E-state index in [1.54, 1.807) is 0 Å². The van der Waals surface area contributed by atoms with Crippen LogP contribution in [0.25, 0.3) is 11.1 Å². The van der Waals surface area contributed by atoms with Gasteiger partial charge in [0.1, 0.15) is 16.9 Å². The molecule has 0 amide bonds. The number of hydrogen-bond acceptors (Lipinski definition) is 7. The Labute approximate surface area is 164 Å². The summed E-state index contributed by atoms with van der Waals surface area (Å²) in [5, 5.41) is 3.10. The normalized spacial score (nSPS) is 11.9. The van der Waals surface area contributed by atoms with Crippen LogP contribution in [0, 0.1) is 13.8 Å². The number of carbonyl (C=O) groups is 1. The quantitative estimate of drug-likeness (QED) is 0.621. The van der Waals surface area contributed by atoms with E-state index < -0.39 is 5.60 Å². The van der Waals surface area contributed by atoms with E-state index in [-0.39, 0.29) is 12.5 Å². The third kappa shape index (κ3) is 5.42. The minimum Gasteiger partial charge on any atom is -0.459 e. The highest BCUT2D eigenvalue weighted by Gasteiger charge is 2.16. The van der Waals surface area contributed by atoms with E-state index in [4.69, 9.17) is 13.6 Å². The van der Waals surface area contributed by atoms with Crippen LogP contribution in [0.5, 0.6) is 0 Å². The van der Waals surface area contributed by atoms with Crippen LogP contribution in [0.15, 0.2) is 27.0 Å². The maximum atomic E-state index is 11.8. The molecule has 0 aliphatic rings. The number of fused-ring (bicyclic) bond motifs is 1. The second kappa shape index (κ2) is 8.14. The van der Waals surface area contributed by atoms with Gasteiger partial charge in [0.15, 0.2) is 17.4 Å². The Morgan fingerprint density at radius 2 is 1.93 bits per heavy atom. The van der Waals surface area contributed by atoms with Crippen molar-refractivity contribution in [2.45, 2.75) is 59.6 Å². The summed E-state index contributed by atoms with van der Waals surface area (Å²) in [5.41, 5.74) is 3.04. The van der Waals surface area contributed by atoms with Crippen molar-refractivity contribution in [3.63, 3.8) is 0 Å². The van der Waals surface area contributed by atoms with Gasteiger partial charge in [0.05, 0.1) is 12.2 Å². The van der Waals surface area contributed by atoms with Crippen molar-refractivity contribution in [3.05, 3.63) is 47.0 Å². The second-order valence-corrected chi connectivity index (χ2v) is 7.84. The number of ether oxygens (including phenoxy) is 1. The fourth-order valence-corrected chi connectivity index (χ4v) is 2.95. The standard InChI is InChI=1S/C21H27N3O4/c1-13-16(23-14(2)26-13)7-9-19-24-17-10-15(6-8-18(17)27-19)11-22-12-20(25)28-21(3,4)5/h6,8,10,22H,7,9,11-12H2,1-5H3. The van der Waals surface area contributed by atoms with Crippen LogP contribution in [-0.2, 0) is 28.9 Å². The molecule has 0 spiro atoms. The SMILES string of the molecule is Cc1nc(CCc2nc3cc(CNCC(=O)OC(C)(C)C)ccc3o2)c(C)o1. The summed E-state index contributed by atoms with van der Waals surface area (Å²) in [5.74, 6) is 1.92. The van der Waals surface area contributed by atoms with Gasteiger partial charge >= 0.3 is 5.97 Å². The van der Waals surface area contributed by atoms with Crippen molar-refractivity contribution in [2.24, 2.45) is 0 Å². The molecule has 2 aromatic heterocycles. The lowest BCUT2D eigenvalue weighted by Gasteiger charge is -2.19. The van der Waals surface area contributed by atoms with Crippen molar-refractivity contribution in [1.82, 2.24) is 15.3 Å². The van der Waals surface area contributed by atoms with Crippen LogP contribution in [0.3, 0.4) is 0 Å². The Morgan fingerprint density at radius 1 is 1.14 bits per heavy atom. The molecule has 1 N–H and O–H groups in total. The van der Waals surface area contributed by atoms with E-state index in [2.05, 4.69) is 15.3 Å². The highest BCUT2D eigenvalue weighted by atomic mass is 16.6. The van der Waals surface area contributed by atoms with Crippen LogP contribution in [0.1, 0.15) is 49.6 Å². The molecule has 28 heavy (non-hydrogen) atoms. The topological polar surface area (TPSA) is 90.4 Å². The Kier molecular flexibility index (Phi) is 5.84. The lowest BCUT2D eigenvalue weighted by atomic mass is 10.2. The van der Waals surface area contributed by atoms with Gasteiger partial charge in [-0.3, -0.25) is 4.79 Å². The van der Waals surface area contributed by atoms with Gasteiger partial charge in [-0.05, 0) is 45.4 Å². The first-order valence-corrected chi connectivity index (χ1v) is 9.43. The molecule has 150 valence electrons. The molecule has 0 radical (unpaired) electrons. The van der Waals surface area contributed by atoms with Crippen molar-refractivity contribution >= 4 is 17.1 Å². The highest BCUT2D eigenvalue weighted by Crippen LogP contribution is 2.19. The summed E-state index contributed by atoms with van der Waals surface area (Å²) in [6, 6.07) is 5.84. The molecule has 1 aromatic carbocycles. The molecule has 0 aliphatic carbocycles. The monoisotopic (exact) mass is 385 g/mol. The van der Waals surface area contributed by atoms with Crippen molar-refractivity contribution in [3.8, 4) is 0 Å². The summed E-state index contributed by atoms with van der Waals surface area (Å²) in [4.78, 5) is 20.7. The zero-order valence-electron chi connectivity index (χ0n) is 17.1. The van der Waals surface area contributed by atoms with Gasteiger partial charge in [0.2, 0.25) is 0 Å². The van der Waals surface area contributed by atoms with E-state index in [1.807, 2.05) is 52.8 Å². The maximum absolute atomic E-state index is 11.8. The minimum absolute atomic E-state index is 0.163. The molecule has 0 saturated carbocycles. The van der Waals surface area contributed by atoms with Gasteiger partial charge in [0.25, 0.3) is 0 Å². The van der Waals surface area contributed by atoms with Crippen LogP contribution in [-0.4, -0.2) is 28.1 Å². The number of hydrogen-bond donors (Lipinski definition) is 1.